The first kappa shape index (κ1) is 16.0. The molecule has 2 aliphatic rings. The molecule has 2 rings (SSSR count). The van der Waals surface area contributed by atoms with Crippen LogP contribution in [-0.2, 0) is 14.0 Å². The number of fused-ring (bicyclic) bond motifs is 1. The molecule has 0 aromatic carbocycles. The first-order valence-corrected chi connectivity index (χ1v) is 10.8. The van der Waals surface area contributed by atoms with E-state index in [1.165, 1.54) is 26.4 Å². The largest absolute Gasteiger partial charge is 0.469 e. The molecule has 0 saturated heterocycles. The molecule has 0 radical (unpaired) electrons. The van der Waals surface area contributed by atoms with Crippen molar-refractivity contribution in [3.63, 3.8) is 0 Å². The molecule has 3 atom stereocenters. The average Bonchev–Trinajstić information content (AvgIpc) is 2.31. The van der Waals surface area contributed by atoms with Crippen LogP contribution in [0.1, 0.15) is 52.9 Å². The molecule has 0 heterocycles. The van der Waals surface area contributed by atoms with Gasteiger partial charge in [0.2, 0.25) is 0 Å². The summed E-state index contributed by atoms with van der Waals surface area (Å²) in [5, 5.41) is 0.181. The van der Waals surface area contributed by atoms with Crippen LogP contribution in [0.5, 0.6) is 0 Å². The van der Waals surface area contributed by atoms with Crippen molar-refractivity contribution in [2.24, 2.45) is 11.8 Å². The van der Waals surface area contributed by atoms with Crippen LogP contribution in [0.3, 0.4) is 0 Å². The summed E-state index contributed by atoms with van der Waals surface area (Å²) in [6.07, 6.45) is 5.66. The molecule has 0 aliphatic heterocycles. The summed E-state index contributed by atoms with van der Waals surface area (Å²) < 4.78 is 11.8. The topological polar surface area (TPSA) is 35.5 Å². The number of ether oxygens (including phenoxy) is 1. The van der Waals surface area contributed by atoms with E-state index in [9.17, 15) is 4.79 Å². The third-order valence-electron chi connectivity index (χ3n) is 5.91. The maximum Gasteiger partial charge on any atom is 0.311 e. The van der Waals surface area contributed by atoms with Crippen molar-refractivity contribution in [3.05, 3.63) is 0 Å². The van der Waals surface area contributed by atoms with Gasteiger partial charge in [-0.2, -0.15) is 0 Å². The zero-order valence-electron chi connectivity index (χ0n) is 13.9. The van der Waals surface area contributed by atoms with Gasteiger partial charge in [-0.05, 0) is 43.3 Å². The number of hydrogen-bond acceptors (Lipinski definition) is 3. The van der Waals surface area contributed by atoms with Crippen LogP contribution in [-0.4, -0.2) is 27.0 Å². The van der Waals surface area contributed by atoms with Crippen LogP contribution >= 0.6 is 0 Å². The second kappa shape index (κ2) is 5.13. The lowest BCUT2D eigenvalue weighted by molar-refractivity contribution is -0.192. The van der Waals surface area contributed by atoms with Crippen molar-refractivity contribution < 1.29 is 14.0 Å². The lowest BCUT2D eigenvalue weighted by atomic mass is 9.55. The minimum atomic E-state index is -1.86. The first-order chi connectivity index (χ1) is 9.14. The van der Waals surface area contributed by atoms with E-state index in [0.717, 1.165) is 12.8 Å². The molecule has 0 N–H and O–H groups in total. The molecule has 20 heavy (non-hydrogen) atoms. The minimum Gasteiger partial charge on any atom is -0.469 e. The Hall–Kier alpha value is -0.353. The van der Waals surface area contributed by atoms with Crippen molar-refractivity contribution in [1.29, 1.82) is 0 Å². The minimum absolute atomic E-state index is 0.0353. The highest BCUT2D eigenvalue weighted by Crippen LogP contribution is 2.58. The van der Waals surface area contributed by atoms with Crippen LogP contribution in [0.4, 0.5) is 0 Å². The zero-order chi connectivity index (χ0) is 15.2. The van der Waals surface area contributed by atoms with E-state index < -0.39 is 8.32 Å². The molecule has 116 valence electrons. The Bertz CT molecular complexity index is 386. The molecule has 1 unspecified atom stereocenters. The third kappa shape index (κ3) is 2.45. The second-order valence-corrected chi connectivity index (χ2v) is 12.8. The predicted octanol–water partition coefficient (Wildman–Crippen LogP) is 4.13. The fraction of sp³-hybridized carbons (Fsp3) is 0.938. The van der Waals surface area contributed by atoms with Crippen molar-refractivity contribution >= 4 is 14.3 Å². The highest BCUT2D eigenvalue weighted by Gasteiger charge is 2.62. The Morgan fingerprint density at radius 2 is 1.90 bits per heavy atom. The van der Waals surface area contributed by atoms with E-state index in [-0.39, 0.29) is 22.5 Å². The van der Waals surface area contributed by atoms with E-state index >= 15 is 0 Å². The summed E-state index contributed by atoms with van der Waals surface area (Å²) in [6.45, 7) is 11.4. The van der Waals surface area contributed by atoms with Gasteiger partial charge < -0.3 is 9.16 Å². The monoisotopic (exact) mass is 298 g/mol. The van der Waals surface area contributed by atoms with E-state index in [1.54, 1.807) is 0 Å². The highest BCUT2D eigenvalue weighted by atomic mass is 28.4. The molecule has 3 nitrogen and oxygen atoms in total. The van der Waals surface area contributed by atoms with E-state index in [4.69, 9.17) is 9.16 Å². The summed E-state index contributed by atoms with van der Waals surface area (Å²) >= 11 is 0. The molecule has 4 heteroatoms. The van der Waals surface area contributed by atoms with Gasteiger partial charge in [-0.25, -0.2) is 0 Å². The van der Waals surface area contributed by atoms with Gasteiger partial charge >= 0.3 is 5.97 Å². The van der Waals surface area contributed by atoms with Crippen LogP contribution in [0.25, 0.3) is 0 Å². The number of methoxy groups -OCH3 is 1. The molecule has 0 bridgehead atoms. The Kier molecular flexibility index (Phi) is 4.11. The van der Waals surface area contributed by atoms with Crippen molar-refractivity contribution in [2.75, 3.05) is 7.11 Å². The van der Waals surface area contributed by atoms with Gasteiger partial charge in [0, 0.05) is 0 Å². The molecule has 0 spiro atoms. The van der Waals surface area contributed by atoms with Gasteiger partial charge in [0.1, 0.15) is 0 Å². The number of carbonyl (C=O) groups excluding carboxylic acids is 1. The second-order valence-electron chi connectivity index (χ2n) is 8.07. The molecule has 0 aromatic rings. The normalized spacial score (nSPS) is 34.1. The van der Waals surface area contributed by atoms with Gasteiger partial charge in [0.15, 0.2) is 8.32 Å². The fourth-order valence-corrected chi connectivity index (χ4v) is 5.28. The smallest absolute Gasteiger partial charge is 0.311 e. The quantitative estimate of drug-likeness (QED) is 0.580. The molecule has 2 saturated carbocycles. The van der Waals surface area contributed by atoms with Crippen LogP contribution in [0, 0.1) is 11.8 Å². The van der Waals surface area contributed by atoms with Gasteiger partial charge in [-0.3, -0.25) is 4.79 Å². The van der Waals surface area contributed by atoms with Gasteiger partial charge in [-0.1, -0.05) is 33.6 Å². The lowest BCUT2D eigenvalue weighted by Gasteiger charge is -2.60. The number of esters is 1. The molecule has 2 aliphatic carbocycles. The maximum atomic E-state index is 12.1. The van der Waals surface area contributed by atoms with Crippen LogP contribution in [0.2, 0.25) is 18.1 Å². The Morgan fingerprint density at radius 1 is 1.25 bits per heavy atom. The summed E-state index contributed by atoms with van der Waals surface area (Å²) in [5.41, 5.74) is -0.214. The summed E-state index contributed by atoms with van der Waals surface area (Å²) in [4.78, 5) is 12.1. The Labute approximate surface area is 124 Å². The Morgan fingerprint density at radius 3 is 2.40 bits per heavy atom. The number of carbonyl (C=O) groups is 1. The summed E-state index contributed by atoms with van der Waals surface area (Å²) in [7, 11) is -0.365. The molecule has 0 aromatic heterocycles. The van der Waals surface area contributed by atoms with Crippen LogP contribution < -0.4 is 0 Å². The van der Waals surface area contributed by atoms with Crippen molar-refractivity contribution in [2.45, 2.75) is 76.6 Å². The van der Waals surface area contributed by atoms with E-state index in [2.05, 4.69) is 33.9 Å². The molecular formula is C16H30O3Si. The van der Waals surface area contributed by atoms with Crippen molar-refractivity contribution in [3.8, 4) is 0 Å². The lowest BCUT2D eigenvalue weighted by Crippen LogP contribution is -2.66. The average molecular weight is 298 g/mol. The van der Waals surface area contributed by atoms with E-state index in [1.807, 2.05) is 0 Å². The third-order valence-corrected chi connectivity index (χ3v) is 10.4. The molecular weight excluding hydrogens is 268 g/mol. The summed E-state index contributed by atoms with van der Waals surface area (Å²) in [6, 6.07) is 0. The fourth-order valence-electron chi connectivity index (χ4n) is 3.61. The van der Waals surface area contributed by atoms with Gasteiger partial charge in [0.05, 0.1) is 18.6 Å². The molecule has 0 amide bonds. The van der Waals surface area contributed by atoms with Crippen LogP contribution in [0.15, 0.2) is 0 Å². The SMILES string of the molecule is COC(=O)C1C[C@@H]2CCCC[C@@]12O[Si](C)(C)C(C)(C)C. The highest BCUT2D eigenvalue weighted by molar-refractivity contribution is 6.74. The number of hydrogen-bond donors (Lipinski definition) is 0. The predicted molar refractivity (Wildman–Crippen MR) is 83.1 cm³/mol. The first-order valence-electron chi connectivity index (χ1n) is 7.92. The van der Waals surface area contributed by atoms with Crippen molar-refractivity contribution in [1.82, 2.24) is 0 Å². The van der Waals surface area contributed by atoms with Gasteiger partial charge in [-0.15, -0.1) is 0 Å². The standard InChI is InChI=1S/C16H30O3Si/c1-15(2,3)20(5,6)19-16-10-8-7-9-12(16)11-13(16)14(17)18-4/h12-13H,7-11H2,1-6H3/t12-,13?,16-/m0/s1. The molecule has 2 fully saturated rings. The number of rotatable bonds is 3. The Balaban J connectivity index is 2.25. The zero-order valence-corrected chi connectivity index (χ0v) is 14.9. The van der Waals surface area contributed by atoms with Gasteiger partial charge in [0.25, 0.3) is 0 Å². The maximum absolute atomic E-state index is 12.1. The van der Waals surface area contributed by atoms with E-state index in [0.29, 0.717) is 5.92 Å². The summed E-state index contributed by atoms with van der Waals surface area (Å²) in [5.74, 6) is 0.461.